The van der Waals surface area contributed by atoms with E-state index in [0.717, 1.165) is 24.9 Å². The molecule has 0 aromatic heterocycles. The fourth-order valence-electron chi connectivity index (χ4n) is 3.66. The second kappa shape index (κ2) is 8.30. The summed E-state index contributed by atoms with van der Waals surface area (Å²) in [6.07, 6.45) is 8.67. The molecule has 1 saturated heterocycles. The molecule has 2 atom stereocenters. The largest absolute Gasteiger partial charge is 0.326 e. The molecule has 3 rings (SSSR count). The van der Waals surface area contributed by atoms with Crippen LogP contribution < -0.4 is 5.32 Å². The minimum atomic E-state index is -0.230. The van der Waals surface area contributed by atoms with Crippen LogP contribution in [0, 0.1) is 11.8 Å². The van der Waals surface area contributed by atoms with Crippen LogP contribution in [-0.4, -0.2) is 29.2 Å². The number of imide groups is 1. The number of nitrogens with one attached hydrogen (secondary N) is 1. The number of likely N-dealkylation sites (tertiary alicyclic amines) is 1. The third-order valence-corrected chi connectivity index (χ3v) is 5.22. The van der Waals surface area contributed by atoms with Crippen LogP contribution in [0.25, 0.3) is 0 Å². The summed E-state index contributed by atoms with van der Waals surface area (Å²) in [6, 6.07) is 7.84. The minimum Gasteiger partial charge on any atom is -0.326 e. The number of aryl methyl sites for hydroxylation is 1. The number of carbonyl (C=O) groups excluding carboxylic acids is 3. The van der Waals surface area contributed by atoms with Crippen LogP contribution >= 0.6 is 0 Å². The van der Waals surface area contributed by atoms with Crippen LogP contribution in [0.1, 0.15) is 44.6 Å². The van der Waals surface area contributed by atoms with Crippen molar-refractivity contribution in [2.45, 2.75) is 45.4 Å². The topological polar surface area (TPSA) is 66.5 Å². The second-order valence-electron chi connectivity index (χ2n) is 7.08. The van der Waals surface area contributed by atoms with Crippen LogP contribution in [0.2, 0.25) is 0 Å². The van der Waals surface area contributed by atoms with Gasteiger partial charge in [-0.1, -0.05) is 37.6 Å². The van der Waals surface area contributed by atoms with Crippen molar-refractivity contribution in [3.05, 3.63) is 42.0 Å². The van der Waals surface area contributed by atoms with Gasteiger partial charge in [-0.25, -0.2) is 0 Å². The molecule has 0 saturated carbocycles. The lowest BCUT2D eigenvalue weighted by molar-refractivity contribution is -0.140. The highest BCUT2D eigenvalue weighted by atomic mass is 16.2. The monoisotopic (exact) mass is 354 g/mol. The number of allylic oxidation sites excluding steroid dienone is 2. The van der Waals surface area contributed by atoms with Gasteiger partial charge < -0.3 is 5.32 Å². The molecule has 0 radical (unpaired) electrons. The molecule has 1 aromatic rings. The number of hydrogen-bond acceptors (Lipinski definition) is 3. The van der Waals surface area contributed by atoms with E-state index in [0.29, 0.717) is 12.8 Å². The summed E-state index contributed by atoms with van der Waals surface area (Å²) in [5, 5.41) is 2.84. The molecule has 1 heterocycles. The van der Waals surface area contributed by atoms with Crippen molar-refractivity contribution >= 4 is 23.4 Å². The third kappa shape index (κ3) is 4.03. The Hall–Kier alpha value is -2.43. The van der Waals surface area contributed by atoms with Crippen LogP contribution in [0.3, 0.4) is 0 Å². The van der Waals surface area contributed by atoms with E-state index in [2.05, 4.69) is 12.2 Å². The van der Waals surface area contributed by atoms with Crippen LogP contribution in [0.4, 0.5) is 5.69 Å². The molecule has 1 N–H and O–H groups in total. The zero-order valence-corrected chi connectivity index (χ0v) is 15.2. The smallest absolute Gasteiger partial charge is 0.233 e. The fourth-order valence-corrected chi connectivity index (χ4v) is 3.66. The predicted molar refractivity (Wildman–Crippen MR) is 100 cm³/mol. The Morgan fingerprint density at radius 3 is 2.27 bits per heavy atom. The van der Waals surface area contributed by atoms with Gasteiger partial charge in [0.15, 0.2) is 0 Å². The number of unbranched alkanes of at least 4 members (excludes halogenated alkanes) is 1. The van der Waals surface area contributed by atoms with Crippen LogP contribution in [0.5, 0.6) is 0 Å². The van der Waals surface area contributed by atoms with E-state index in [1.165, 1.54) is 10.5 Å². The summed E-state index contributed by atoms with van der Waals surface area (Å²) in [5.74, 6) is -0.896. The first kappa shape index (κ1) is 18.4. The number of amides is 3. The molecular formula is C21H26N2O3. The molecule has 1 aliphatic heterocycles. The SMILES string of the molecule is CCCCc1ccc(NC(=O)CCN2C(=O)[C@@H]3CC=CC[C@H]3C2=O)cc1. The van der Waals surface area contributed by atoms with Gasteiger partial charge in [-0.15, -0.1) is 0 Å². The average molecular weight is 354 g/mol. The Morgan fingerprint density at radius 1 is 1.08 bits per heavy atom. The summed E-state index contributed by atoms with van der Waals surface area (Å²) in [6.45, 7) is 2.32. The molecule has 138 valence electrons. The van der Waals surface area contributed by atoms with Gasteiger partial charge in [-0.2, -0.15) is 0 Å². The minimum absolute atomic E-state index is 0.127. The van der Waals surface area contributed by atoms with Gasteiger partial charge in [0, 0.05) is 18.7 Å². The first-order valence-corrected chi connectivity index (χ1v) is 9.49. The van der Waals surface area contributed by atoms with Gasteiger partial charge in [0.1, 0.15) is 0 Å². The van der Waals surface area contributed by atoms with Gasteiger partial charge in [0.25, 0.3) is 0 Å². The zero-order chi connectivity index (χ0) is 18.5. The molecule has 1 aliphatic carbocycles. The molecule has 0 bridgehead atoms. The Bertz CT molecular complexity index is 682. The van der Waals surface area contributed by atoms with E-state index in [1.807, 2.05) is 36.4 Å². The summed E-state index contributed by atoms with van der Waals surface area (Å²) in [7, 11) is 0. The molecular weight excluding hydrogens is 328 g/mol. The van der Waals surface area contributed by atoms with Crippen LogP contribution in [0.15, 0.2) is 36.4 Å². The van der Waals surface area contributed by atoms with Gasteiger partial charge >= 0.3 is 0 Å². The Morgan fingerprint density at radius 2 is 1.69 bits per heavy atom. The molecule has 1 fully saturated rings. The number of carbonyl (C=O) groups is 3. The van der Waals surface area contributed by atoms with Crippen molar-refractivity contribution in [3.63, 3.8) is 0 Å². The van der Waals surface area contributed by atoms with Crippen molar-refractivity contribution in [1.82, 2.24) is 4.90 Å². The van der Waals surface area contributed by atoms with E-state index in [-0.39, 0.29) is 42.5 Å². The average Bonchev–Trinajstić information content (AvgIpc) is 2.90. The van der Waals surface area contributed by atoms with Gasteiger partial charge in [-0.05, 0) is 43.4 Å². The lowest BCUT2D eigenvalue weighted by atomic mass is 9.85. The highest BCUT2D eigenvalue weighted by Crippen LogP contribution is 2.35. The van der Waals surface area contributed by atoms with E-state index in [9.17, 15) is 14.4 Å². The first-order valence-electron chi connectivity index (χ1n) is 9.49. The number of rotatable bonds is 7. The summed E-state index contributed by atoms with van der Waals surface area (Å²) in [5.41, 5.74) is 2.00. The van der Waals surface area contributed by atoms with Crippen molar-refractivity contribution in [2.75, 3.05) is 11.9 Å². The molecule has 2 aliphatic rings. The Kier molecular flexibility index (Phi) is 5.86. The maximum atomic E-state index is 12.4. The van der Waals surface area contributed by atoms with Gasteiger partial charge in [0.05, 0.1) is 11.8 Å². The highest BCUT2D eigenvalue weighted by molar-refractivity contribution is 6.05. The Balaban J connectivity index is 1.50. The maximum absolute atomic E-state index is 12.4. The zero-order valence-electron chi connectivity index (χ0n) is 15.2. The normalized spacial score (nSPS) is 21.8. The molecule has 5 heteroatoms. The van der Waals surface area contributed by atoms with Crippen molar-refractivity contribution in [2.24, 2.45) is 11.8 Å². The molecule has 0 spiro atoms. The lowest BCUT2D eigenvalue weighted by Crippen LogP contribution is -2.34. The first-order chi connectivity index (χ1) is 12.6. The molecule has 5 nitrogen and oxygen atoms in total. The summed E-state index contributed by atoms with van der Waals surface area (Å²) < 4.78 is 0. The van der Waals surface area contributed by atoms with E-state index < -0.39 is 0 Å². The standard InChI is InChI=1S/C21H26N2O3/c1-2-3-6-15-9-11-16(12-10-15)22-19(24)13-14-23-20(25)17-7-4-5-8-18(17)21(23)26/h4-5,9-12,17-18H,2-3,6-8,13-14H2,1H3,(H,22,24)/t17-,18-/m1/s1. The van der Waals surface area contributed by atoms with Gasteiger partial charge in [0.2, 0.25) is 17.7 Å². The molecule has 0 unspecified atom stereocenters. The number of anilines is 1. The lowest BCUT2D eigenvalue weighted by Gasteiger charge is -2.14. The predicted octanol–water partition coefficient (Wildman–Crippen LogP) is 3.31. The fraction of sp³-hybridized carbons (Fsp3) is 0.476. The summed E-state index contributed by atoms with van der Waals surface area (Å²) in [4.78, 5) is 38.2. The molecule has 3 amide bonds. The Labute approximate surface area is 154 Å². The molecule has 26 heavy (non-hydrogen) atoms. The van der Waals surface area contributed by atoms with Crippen LogP contribution in [-0.2, 0) is 20.8 Å². The number of hydrogen-bond donors (Lipinski definition) is 1. The third-order valence-electron chi connectivity index (χ3n) is 5.22. The number of benzene rings is 1. The molecule has 1 aromatic carbocycles. The van der Waals surface area contributed by atoms with Gasteiger partial charge in [-0.3, -0.25) is 19.3 Å². The summed E-state index contributed by atoms with van der Waals surface area (Å²) >= 11 is 0. The highest BCUT2D eigenvalue weighted by Gasteiger charge is 2.46. The second-order valence-corrected chi connectivity index (χ2v) is 7.08. The van der Waals surface area contributed by atoms with Crippen molar-refractivity contribution in [1.29, 1.82) is 0 Å². The quantitative estimate of drug-likeness (QED) is 0.603. The number of fused-ring (bicyclic) bond motifs is 1. The van der Waals surface area contributed by atoms with Crippen molar-refractivity contribution < 1.29 is 14.4 Å². The maximum Gasteiger partial charge on any atom is 0.233 e. The van der Waals surface area contributed by atoms with Crippen molar-refractivity contribution in [3.8, 4) is 0 Å². The number of nitrogens with zero attached hydrogens (tertiary/aromatic N) is 1. The van der Waals surface area contributed by atoms with E-state index >= 15 is 0 Å². The van der Waals surface area contributed by atoms with E-state index in [4.69, 9.17) is 0 Å². The van der Waals surface area contributed by atoms with E-state index in [1.54, 1.807) is 0 Å².